The summed E-state index contributed by atoms with van der Waals surface area (Å²) in [5, 5.41) is 2.75. The average Bonchev–Trinajstić information content (AvgIpc) is 3.05. The van der Waals surface area contributed by atoms with Gasteiger partial charge in [-0.25, -0.2) is 4.79 Å². The van der Waals surface area contributed by atoms with E-state index in [-0.39, 0.29) is 42.7 Å². The maximum absolute atomic E-state index is 12.2. The lowest BCUT2D eigenvalue weighted by Gasteiger charge is -2.14. The van der Waals surface area contributed by atoms with E-state index in [1.807, 2.05) is 0 Å². The molecule has 1 heterocycles. The van der Waals surface area contributed by atoms with Gasteiger partial charge in [0.15, 0.2) is 6.61 Å². The fraction of sp³-hybridized carbons (Fsp3) is 0.429. The maximum Gasteiger partial charge on any atom is 0.338 e. The van der Waals surface area contributed by atoms with E-state index < -0.39 is 5.97 Å². The molecule has 1 fully saturated rings. The fourth-order valence-electron chi connectivity index (χ4n) is 3.40. The zero-order valence-electron chi connectivity index (χ0n) is 15.7. The molecule has 28 heavy (non-hydrogen) atoms. The largest absolute Gasteiger partial charge is 0.452 e. The van der Waals surface area contributed by atoms with E-state index in [1.165, 1.54) is 30.5 Å². The van der Waals surface area contributed by atoms with Crippen LogP contribution in [0.4, 0.5) is 5.69 Å². The number of hydrogen-bond acceptors (Lipinski definition) is 5. The van der Waals surface area contributed by atoms with Crippen LogP contribution in [0, 0.1) is 0 Å². The molecule has 0 bridgehead atoms. The highest BCUT2D eigenvalue weighted by Gasteiger charge is 2.30. The van der Waals surface area contributed by atoms with Crippen LogP contribution in [0.2, 0.25) is 0 Å². The number of imide groups is 1. The van der Waals surface area contributed by atoms with Gasteiger partial charge in [-0.2, -0.15) is 0 Å². The monoisotopic (exact) mass is 384 g/mol. The van der Waals surface area contributed by atoms with Crippen molar-refractivity contribution in [1.29, 1.82) is 0 Å². The summed E-state index contributed by atoms with van der Waals surface area (Å²) in [7, 11) is 0. The van der Waals surface area contributed by atoms with Crippen LogP contribution >= 0.6 is 0 Å². The Morgan fingerprint density at radius 3 is 2.57 bits per heavy atom. The molecule has 0 unspecified atom stereocenters. The molecule has 3 amide bonds. The van der Waals surface area contributed by atoms with Gasteiger partial charge in [0.25, 0.3) is 5.91 Å². The molecule has 7 nitrogen and oxygen atoms in total. The Hall–Kier alpha value is -2.96. The summed E-state index contributed by atoms with van der Waals surface area (Å²) in [6, 6.07) is 6.11. The number of ether oxygens (including phenoxy) is 1. The molecule has 1 aliphatic carbocycles. The second-order valence-electron chi connectivity index (χ2n) is 6.96. The van der Waals surface area contributed by atoms with Crippen LogP contribution < -0.4 is 10.2 Å². The zero-order chi connectivity index (χ0) is 19.9. The summed E-state index contributed by atoms with van der Waals surface area (Å²) in [6.07, 6.45) is 8.02. The van der Waals surface area contributed by atoms with Gasteiger partial charge >= 0.3 is 5.97 Å². The van der Waals surface area contributed by atoms with Crippen molar-refractivity contribution in [2.45, 2.75) is 44.9 Å². The number of benzene rings is 1. The van der Waals surface area contributed by atoms with Gasteiger partial charge in [-0.3, -0.25) is 19.3 Å². The Morgan fingerprint density at radius 2 is 1.86 bits per heavy atom. The number of esters is 1. The third-order valence-corrected chi connectivity index (χ3v) is 4.88. The van der Waals surface area contributed by atoms with Gasteiger partial charge < -0.3 is 10.1 Å². The van der Waals surface area contributed by atoms with Crippen LogP contribution in [0.25, 0.3) is 0 Å². The number of carbonyl (C=O) groups excluding carboxylic acids is 4. The molecule has 7 heteroatoms. The molecule has 0 aromatic heterocycles. The molecule has 1 saturated heterocycles. The number of nitrogens with zero attached hydrogens (tertiary/aromatic N) is 1. The van der Waals surface area contributed by atoms with Gasteiger partial charge in [0.2, 0.25) is 11.8 Å². The first-order valence-electron chi connectivity index (χ1n) is 9.62. The third kappa shape index (κ3) is 5.06. The van der Waals surface area contributed by atoms with Crippen LogP contribution in [-0.2, 0) is 19.1 Å². The van der Waals surface area contributed by atoms with Crippen LogP contribution in [0.1, 0.15) is 55.3 Å². The van der Waals surface area contributed by atoms with Gasteiger partial charge in [0.1, 0.15) is 0 Å². The molecule has 0 saturated carbocycles. The number of carbonyl (C=O) groups is 4. The highest BCUT2D eigenvalue weighted by Crippen LogP contribution is 2.23. The van der Waals surface area contributed by atoms with E-state index in [4.69, 9.17) is 4.74 Å². The van der Waals surface area contributed by atoms with E-state index in [0.717, 1.165) is 24.2 Å². The van der Waals surface area contributed by atoms with Crippen LogP contribution in [0.3, 0.4) is 0 Å². The maximum atomic E-state index is 12.2. The van der Waals surface area contributed by atoms with E-state index in [1.54, 1.807) is 12.1 Å². The predicted molar refractivity (Wildman–Crippen MR) is 103 cm³/mol. The summed E-state index contributed by atoms with van der Waals surface area (Å²) in [5.41, 5.74) is 1.89. The van der Waals surface area contributed by atoms with Crippen molar-refractivity contribution in [2.75, 3.05) is 18.1 Å². The Balaban J connectivity index is 1.47. The normalized spacial score (nSPS) is 16.7. The van der Waals surface area contributed by atoms with Gasteiger partial charge in [0.05, 0.1) is 11.3 Å². The van der Waals surface area contributed by atoms with Crippen LogP contribution in [0.15, 0.2) is 35.9 Å². The Labute approximate surface area is 163 Å². The molecular weight excluding hydrogens is 360 g/mol. The minimum atomic E-state index is -0.675. The third-order valence-electron chi connectivity index (χ3n) is 4.88. The summed E-state index contributed by atoms with van der Waals surface area (Å²) in [4.78, 5) is 48.8. The van der Waals surface area contributed by atoms with Crippen molar-refractivity contribution in [3.63, 3.8) is 0 Å². The first-order chi connectivity index (χ1) is 13.5. The van der Waals surface area contributed by atoms with E-state index in [0.29, 0.717) is 12.2 Å². The van der Waals surface area contributed by atoms with E-state index in [2.05, 4.69) is 11.4 Å². The van der Waals surface area contributed by atoms with Crippen molar-refractivity contribution in [2.24, 2.45) is 0 Å². The van der Waals surface area contributed by atoms with Gasteiger partial charge in [-0.15, -0.1) is 0 Å². The van der Waals surface area contributed by atoms with Gasteiger partial charge in [0, 0.05) is 19.4 Å². The molecule has 0 spiro atoms. The second kappa shape index (κ2) is 9.30. The topological polar surface area (TPSA) is 92.8 Å². The van der Waals surface area contributed by atoms with Crippen molar-refractivity contribution in [3.8, 4) is 0 Å². The SMILES string of the molecule is O=C(COC(=O)c1cccc(N2C(=O)CCC2=O)c1)NCCC1=CCCCC1. The fourth-order valence-corrected chi connectivity index (χ4v) is 3.40. The first-order valence-corrected chi connectivity index (χ1v) is 9.62. The van der Waals surface area contributed by atoms with E-state index >= 15 is 0 Å². The van der Waals surface area contributed by atoms with Crippen molar-refractivity contribution in [3.05, 3.63) is 41.5 Å². The molecule has 0 radical (unpaired) electrons. The van der Waals surface area contributed by atoms with Gasteiger partial charge in [-0.05, 0) is 50.3 Å². The molecule has 148 valence electrons. The second-order valence-corrected chi connectivity index (χ2v) is 6.96. The lowest BCUT2D eigenvalue weighted by molar-refractivity contribution is -0.124. The number of nitrogens with one attached hydrogen (secondary N) is 1. The standard InChI is InChI=1S/C21H24N2O5/c24-18(22-12-11-15-5-2-1-3-6-15)14-28-21(27)16-7-4-8-17(13-16)23-19(25)9-10-20(23)26/h4-5,7-8,13H,1-3,6,9-12,14H2,(H,22,24). The lowest BCUT2D eigenvalue weighted by atomic mass is 9.97. The molecule has 0 atom stereocenters. The Kier molecular flexibility index (Phi) is 6.57. The number of hydrogen-bond donors (Lipinski definition) is 1. The summed E-state index contributed by atoms with van der Waals surface area (Å²) >= 11 is 0. The number of rotatable bonds is 7. The molecule has 1 aromatic rings. The minimum absolute atomic E-state index is 0.171. The van der Waals surface area contributed by atoms with Crippen LogP contribution in [0.5, 0.6) is 0 Å². The Morgan fingerprint density at radius 1 is 1.07 bits per heavy atom. The molecule has 3 rings (SSSR count). The summed E-state index contributed by atoms with van der Waals surface area (Å²) in [6.45, 7) is 0.153. The molecule has 1 aromatic carbocycles. The van der Waals surface area contributed by atoms with Crippen molar-refractivity contribution >= 4 is 29.4 Å². The smallest absolute Gasteiger partial charge is 0.338 e. The molecule has 1 N–H and O–H groups in total. The zero-order valence-corrected chi connectivity index (χ0v) is 15.7. The minimum Gasteiger partial charge on any atom is -0.452 e. The quantitative estimate of drug-likeness (QED) is 0.443. The molecular formula is C21H24N2O5. The van der Waals surface area contributed by atoms with Crippen molar-refractivity contribution < 1.29 is 23.9 Å². The van der Waals surface area contributed by atoms with Gasteiger partial charge in [-0.1, -0.05) is 17.7 Å². The summed E-state index contributed by atoms with van der Waals surface area (Å²) < 4.78 is 5.05. The molecule has 1 aliphatic heterocycles. The Bertz CT molecular complexity index is 799. The number of amides is 3. The number of anilines is 1. The lowest BCUT2D eigenvalue weighted by Crippen LogP contribution is -2.30. The van der Waals surface area contributed by atoms with Crippen LogP contribution in [-0.4, -0.2) is 36.8 Å². The van der Waals surface area contributed by atoms with Crippen molar-refractivity contribution in [1.82, 2.24) is 5.32 Å². The predicted octanol–water partition coefficient (Wildman–Crippen LogP) is 2.50. The highest BCUT2D eigenvalue weighted by atomic mass is 16.5. The summed E-state index contributed by atoms with van der Waals surface area (Å²) in [5.74, 6) is -1.61. The number of allylic oxidation sites excluding steroid dienone is 1. The molecule has 2 aliphatic rings. The first kappa shape index (κ1) is 19.8. The average molecular weight is 384 g/mol. The highest BCUT2D eigenvalue weighted by molar-refractivity contribution is 6.20. The van der Waals surface area contributed by atoms with E-state index in [9.17, 15) is 19.2 Å².